The molecule has 0 spiro atoms. The second-order valence-corrected chi connectivity index (χ2v) is 3.48. The molecule has 0 radical (unpaired) electrons. The molecule has 0 aromatic carbocycles. The molecule has 0 atom stereocenters. The Morgan fingerprint density at radius 3 is 2.25 bits per heavy atom. The molecule has 0 aliphatic heterocycles. The highest BCUT2D eigenvalue weighted by Crippen LogP contribution is 2.23. The molecule has 0 aromatic heterocycles. The zero-order valence-corrected chi connectivity index (χ0v) is 8.65. The van der Waals surface area contributed by atoms with Crippen LogP contribution in [0.3, 0.4) is 0 Å². The minimum absolute atomic E-state index is 0.343. The van der Waals surface area contributed by atoms with Crippen LogP contribution in [0, 0.1) is 5.41 Å². The SMILES string of the molecule is CCC(C)(CC)CNC(N)=NC. The van der Waals surface area contributed by atoms with Gasteiger partial charge in [0.15, 0.2) is 5.96 Å². The maximum Gasteiger partial charge on any atom is 0.188 e. The average Bonchev–Trinajstić information content (AvgIpc) is 2.13. The Hall–Kier alpha value is -0.730. The highest BCUT2D eigenvalue weighted by atomic mass is 15.1. The van der Waals surface area contributed by atoms with Crippen LogP contribution in [-0.4, -0.2) is 19.6 Å². The van der Waals surface area contributed by atoms with Crippen LogP contribution in [0.25, 0.3) is 0 Å². The molecule has 0 amide bonds. The van der Waals surface area contributed by atoms with Crippen LogP contribution in [0.4, 0.5) is 0 Å². The fraction of sp³-hybridized carbons (Fsp3) is 0.889. The van der Waals surface area contributed by atoms with Gasteiger partial charge in [-0.05, 0) is 18.3 Å². The Labute approximate surface area is 75.4 Å². The lowest BCUT2D eigenvalue weighted by Crippen LogP contribution is -2.39. The van der Waals surface area contributed by atoms with E-state index in [1.54, 1.807) is 7.05 Å². The molecule has 0 heterocycles. The summed E-state index contributed by atoms with van der Waals surface area (Å²) >= 11 is 0. The van der Waals surface area contributed by atoms with Crippen molar-refractivity contribution in [1.29, 1.82) is 0 Å². The van der Waals surface area contributed by atoms with Crippen molar-refractivity contribution in [2.45, 2.75) is 33.6 Å². The Morgan fingerprint density at radius 2 is 1.92 bits per heavy atom. The lowest BCUT2D eigenvalue weighted by molar-refractivity contribution is 0.297. The Kier molecular flexibility index (Phi) is 4.71. The van der Waals surface area contributed by atoms with Crippen molar-refractivity contribution in [1.82, 2.24) is 5.32 Å². The maximum atomic E-state index is 5.53. The molecule has 3 heteroatoms. The molecular weight excluding hydrogens is 150 g/mol. The van der Waals surface area contributed by atoms with E-state index in [4.69, 9.17) is 5.73 Å². The standard InChI is InChI=1S/C9H21N3/c1-5-9(3,6-2)7-12-8(10)11-4/h5-7H2,1-4H3,(H3,10,11,12). The fourth-order valence-corrected chi connectivity index (χ4v) is 0.883. The van der Waals surface area contributed by atoms with Gasteiger partial charge in [-0.15, -0.1) is 0 Å². The van der Waals surface area contributed by atoms with E-state index in [1.807, 2.05) is 0 Å². The Bertz CT molecular complexity index is 148. The fourth-order valence-electron chi connectivity index (χ4n) is 0.883. The summed E-state index contributed by atoms with van der Waals surface area (Å²) in [6, 6.07) is 0. The third kappa shape index (κ3) is 3.60. The number of hydrogen-bond donors (Lipinski definition) is 2. The number of nitrogens with two attached hydrogens (primary N) is 1. The van der Waals surface area contributed by atoms with Crippen LogP contribution in [-0.2, 0) is 0 Å². The predicted molar refractivity (Wildman–Crippen MR) is 54.2 cm³/mol. The number of nitrogens with one attached hydrogen (secondary N) is 1. The van der Waals surface area contributed by atoms with Gasteiger partial charge in [-0.2, -0.15) is 0 Å². The molecule has 0 fully saturated rings. The summed E-state index contributed by atoms with van der Waals surface area (Å²) in [5.74, 6) is 0.531. The molecule has 0 saturated carbocycles. The van der Waals surface area contributed by atoms with Gasteiger partial charge < -0.3 is 11.1 Å². The van der Waals surface area contributed by atoms with E-state index in [1.165, 1.54) is 0 Å². The van der Waals surface area contributed by atoms with Crippen molar-refractivity contribution >= 4 is 5.96 Å². The van der Waals surface area contributed by atoms with Crippen LogP contribution in [0.1, 0.15) is 33.6 Å². The normalized spacial score (nSPS) is 13.2. The molecule has 0 unspecified atom stereocenters. The first-order valence-corrected chi connectivity index (χ1v) is 4.54. The molecule has 0 bridgehead atoms. The summed E-state index contributed by atoms with van der Waals surface area (Å²) in [4.78, 5) is 3.84. The lowest BCUT2D eigenvalue weighted by atomic mass is 9.85. The molecule has 0 aromatic rings. The van der Waals surface area contributed by atoms with E-state index in [2.05, 4.69) is 31.1 Å². The monoisotopic (exact) mass is 171 g/mol. The highest BCUT2D eigenvalue weighted by molar-refractivity contribution is 5.77. The van der Waals surface area contributed by atoms with Crippen LogP contribution in [0.15, 0.2) is 4.99 Å². The second kappa shape index (κ2) is 5.01. The summed E-state index contributed by atoms with van der Waals surface area (Å²) < 4.78 is 0. The van der Waals surface area contributed by atoms with E-state index in [0.717, 1.165) is 19.4 Å². The van der Waals surface area contributed by atoms with E-state index < -0.39 is 0 Å². The van der Waals surface area contributed by atoms with Gasteiger partial charge in [-0.25, -0.2) is 0 Å². The largest absolute Gasteiger partial charge is 0.370 e. The molecule has 0 aliphatic carbocycles. The molecule has 3 N–H and O–H groups in total. The van der Waals surface area contributed by atoms with E-state index in [9.17, 15) is 0 Å². The first-order valence-electron chi connectivity index (χ1n) is 4.54. The number of aliphatic imine (C=N–C) groups is 1. The summed E-state index contributed by atoms with van der Waals surface area (Å²) in [6.45, 7) is 7.56. The number of rotatable bonds is 4. The smallest absolute Gasteiger partial charge is 0.188 e. The summed E-state index contributed by atoms with van der Waals surface area (Å²) in [7, 11) is 1.69. The minimum Gasteiger partial charge on any atom is -0.370 e. The zero-order valence-electron chi connectivity index (χ0n) is 8.65. The van der Waals surface area contributed by atoms with Gasteiger partial charge in [0.05, 0.1) is 0 Å². The van der Waals surface area contributed by atoms with Gasteiger partial charge in [0, 0.05) is 13.6 Å². The van der Waals surface area contributed by atoms with Gasteiger partial charge in [0.1, 0.15) is 0 Å². The van der Waals surface area contributed by atoms with Crippen molar-refractivity contribution in [2.75, 3.05) is 13.6 Å². The molecule has 0 rings (SSSR count). The molecule has 0 saturated heterocycles. The van der Waals surface area contributed by atoms with Gasteiger partial charge in [-0.1, -0.05) is 20.8 Å². The third-order valence-electron chi connectivity index (χ3n) is 2.64. The highest BCUT2D eigenvalue weighted by Gasteiger charge is 2.18. The van der Waals surface area contributed by atoms with Gasteiger partial charge in [0.2, 0.25) is 0 Å². The van der Waals surface area contributed by atoms with Crippen LogP contribution >= 0.6 is 0 Å². The lowest BCUT2D eigenvalue weighted by Gasteiger charge is -2.26. The number of guanidine groups is 1. The average molecular weight is 171 g/mol. The molecule has 0 aliphatic rings. The molecule has 72 valence electrons. The summed E-state index contributed by atoms with van der Waals surface area (Å²) in [5, 5.41) is 3.10. The molecular formula is C9H21N3. The quantitative estimate of drug-likeness (QED) is 0.495. The predicted octanol–water partition coefficient (Wildman–Crippen LogP) is 1.35. The summed E-state index contributed by atoms with van der Waals surface area (Å²) in [6.07, 6.45) is 2.32. The van der Waals surface area contributed by atoms with Gasteiger partial charge in [-0.3, -0.25) is 4.99 Å². The van der Waals surface area contributed by atoms with E-state index in [-0.39, 0.29) is 0 Å². The van der Waals surface area contributed by atoms with Crippen molar-refractivity contribution < 1.29 is 0 Å². The van der Waals surface area contributed by atoms with Gasteiger partial charge >= 0.3 is 0 Å². The van der Waals surface area contributed by atoms with Crippen molar-refractivity contribution in [3.8, 4) is 0 Å². The van der Waals surface area contributed by atoms with E-state index >= 15 is 0 Å². The first-order chi connectivity index (χ1) is 5.58. The number of hydrogen-bond acceptors (Lipinski definition) is 1. The molecule has 3 nitrogen and oxygen atoms in total. The van der Waals surface area contributed by atoms with Crippen molar-refractivity contribution in [3.05, 3.63) is 0 Å². The first kappa shape index (κ1) is 11.3. The van der Waals surface area contributed by atoms with Crippen LogP contribution in [0.5, 0.6) is 0 Å². The maximum absolute atomic E-state index is 5.53. The minimum atomic E-state index is 0.343. The zero-order chi connectivity index (χ0) is 9.61. The summed E-state index contributed by atoms with van der Waals surface area (Å²) in [5.41, 5.74) is 5.87. The molecule has 12 heavy (non-hydrogen) atoms. The van der Waals surface area contributed by atoms with Crippen molar-refractivity contribution in [2.24, 2.45) is 16.1 Å². The number of nitrogens with zero attached hydrogens (tertiary/aromatic N) is 1. The second-order valence-electron chi connectivity index (χ2n) is 3.48. The van der Waals surface area contributed by atoms with Crippen molar-refractivity contribution in [3.63, 3.8) is 0 Å². The van der Waals surface area contributed by atoms with Crippen LogP contribution < -0.4 is 11.1 Å². The van der Waals surface area contributed by atoms with Crippen LogP contribution in [0.2, 0.25) is 0 Å². The Balaban J connectivity index is 3.89. The topological polar surface area (TPSA) is 50.4 Å². The Morgan fingerprint density at radius 1 is 1.42 bits per heavy atom. The van der Waals surface area contributed by atoms with Gasteiger partial charge in [0.25, 0.3) is 0 Å². The third-order valence-corrected chi connectivity index (χ3v) is 2.64. The van der Waals surface area contributed by atoms with E-state index in [0.29, 0.717) is 11.4 Å².